The molecule has 2 aromatic heterocycles. The standard InChI is InChI=1S/C25H24N4O3/c1-14-9-10-17(24(26)31)22(21-16-7-3-2-6-15(16)12-19(21)30)23(14)28-25(32)18-13-27-20-8-4-5-11-29(18)20/h2-11,13,19,21-23,30H,12H2,1H3,(H2,26,31)(H,28,32)/t19-,21-,22?,23?/m1/s1. The van der Waals surface area contributed by atoms with Gasteiger partial charge in [0.25, 0.3) is 5.91 Å². The first-order valence-corrected chi connectivity index (χ1v) is 10.6. The van der Waals surface area contributed by atoms with Gasteiger partial charge in [-0.05, 0) is 36.6 Å². The zero-order valence-corrected chi connectivity index (χ0v) is 17.6. The third kappa shape index (κ3) is 3.22. The van der Waals surface area contributed by atoms with E-state index in [4.69, 9.17) is 5.73 Å². The Morgan fingerprint density at radius 2 is 1.91 bits per heavy atom. The van der Waals surface area contributed by atoms with E-state index >= 15 is 0 Å². The van der Waals surface area contributed by atoms with Crippen LogP contribution in [0.2, 0.25) is 0 Å². The number of rotatable bonds is 4. The Labute approximate surface area is 185 Å². The van der Waals surface area contributed by atoms with Crippen LogP contribution in [-0.4, -0.2) is 38.5 Å². The van der Waals surface area contributed by atoms with E-state index in [9.17, 15) is 14.7 Å². The van der Waals surface area contributed by atoms with Gasteiger partial charge in [-0.25, -0.2) is 4.98 Å². The number of pyridine rings is 1. The summed E-state index contributed by atoms with van der Waals surface area (Å²) in [6.45, 7) is 1.91. The first-order chi connectivity index (χ1) is 15.5. The van der Waals surface area contributed by atoms with Gasteiger partial charge < -0.3 is 16.2 Å². The average molecular weight is 428 g/mol. The van der Waals surface area contributed by atoms with E-state index in [1.54, 1.807) is 16.7 Å². The smallest absolute Gasteiger partial charge is 0.270 e. The van der Waals surface area contributed by atoms with Gasteiger partial charge in [0.05, 0.1) is 18.3 Å². The minimum absolute atomic E-state index is 0.307. The van der Waals surface area contributed by atoms with Crippen LogP contribution in [0, 0.1) is 5.92 Å². The summed E-state index contributed by atoms with van der Waals surface area (Å²) < 4.78 is 1.72. The predicted octanol–water partition coefficient (Wildman–Crippen LogP) is 2.12. The summed E-state index contributed by atoms with van der Waals surface area (Å²) in [7, 11) is 0. The molecule has 3 aromatic rings. The van der Waals surface area contributed by atoms with E-state index in [0.29, 0.717) is 23.3 Å². The molecule has 162 valence electrons. The summed E-state index contributed by atoms with van der Waals surface area (Å²) in [5, 5.41) is 14.1. The van der Waals surface area contributed by atoms with E-state index < -0.39 is 24.0 Å². The molecule has 2 aliphatic rings. The zero-order valence-electron chi connectivity index (χ0n) is 17.6. The fraction of sp³-hybridized carbons (Fsp3) is 0.240. The minimum Gasteiger partial charge on any atom is -0.392 e. The molecule has 32 heavy (non-hydrogen) atoms. The number of imidazole rings is 1. The highest BCUT2D eigenvalue weighted by Gasteiger charge is 2.45. The Balaban J connectivity index is 1.55. The van der Waals surface area contributed by atoms with Crippen molar-refractivity contribution in [1.82, 2.24) is 14.7 Å². The minimum atomic E-state index is -0.679. The molecule has 7 heteroatoms. The molecule has 2 aliphatic carbocycles. The number of amides is 2. The highest BCUT2D eigenvalue weighted by molar-refractivity contribution is 5.96. The first kappa shape index (κ1) is 20.2. The summed E-state index contributed by atoms with van der Waals surface area (Å²) in [5.41, 5.74) is 10.1. The van der Waals surface area contributed by atoms with Crippen molar-refractivity contribution in [3.8, 4) is 0 Å². The highest BCUT2D eigenvalue weighted by atomic mass is 16.3. The summed E-state index contributed by atoms with van der Waals surface area (Å²) in [6.07, 6.45) is 6.66. The monoisotopic (exact) mass is 428 g/mol. The van der Waals surface area contributed by atoms with Gasteiger partial charge in [0.15, 0.2) is 0 Å². The number of hydrogen-bond acceptors (Lipinski definition) is 4. The van der Waals surface area contributed by atoms with Crippen molar-refractivity contribution < 1.29 is 14.7 Å². The van der Waals surface area contributed by atoms with E-state index in [-0.39, 0.29) is 11.8 Å². The lowest BCUT2D eigenvalue weighted by molar-refractivity contribution is -0.115. The van der Waals surface area contributed by atoms with Crippen LogP contribution in [-0.2, 0) is 11.2 Å². The maximum Gasteiger partial charge on any atom is 0.270 e. The van der Waals surface area contributed by atoms with E-state index in [0.717, 1.165) is 16.7 Å². The van der Waals surface area contributed by atoms with E-state index in [2.05, 4.69) is 10.3 Å². The molecule has 0 bridgehead atoms. The van der Waals surface area contributed by atoms with Gasteiger partial charge in [0.2, 0.25) is 5.91 Å². The molecule has 0 saturated carbocycles. The Bertz CT molecular complexity index is 1290. The molecule has 0 saturated heterocycles. The van der Waals surface area contributed by atoms with Crippen LogP contribution >= 0.6 is 0 Å². The van der Waals surface area contributed by atoms with Crippen LogP contribution in [0.5, 0.6) is 0 Å². The number of aromatic nitrogens is 2. The van der Waals surface area contributed by atoms with Crippen LogP contribution in [0.3, 0.4) is 0 Å². The van der Waals surface area contributed by atoms with Gasteiger partial charge in [-0.2, -0.15) is 0 Å². The lowest BCUT2D eigenvalue weighted by atomic mass is 9.71. The van der Waals surface area contributed by atoms with Crippen LogP contribution in [0.15, 0.2) is 78.2 Å². The Hall–Kier alpha value is -3.71. The van der Waals surface area contributed by atoms with Crippen LogP contribution in [0.4, 0.5) is 0 Å². The predicted molar refractivity (Wildman–Crippen MR) is 120 cm³/mol. The topological polar surface area (TPSA) is 110 Å². The molecule has 0 spiro atoms. The summed E-state index contributed by atoms with van der Waals surface area (Å²) in [5.74, 6) is -1.71. The van der Waals surface area contributed by atoms with Gasteiger partial charge in [-0.3, -0.25) is 14.0 Å². The SMILES string of the molecule is CC1=CC=C(C(N)=O)C([C@@H]2c3ccccc3C[C@H]2O)C1NC(=O)c1cnc2ccccn12. The molecule has 0 fully saturated rings. The largest absolute Gasteiger partial charge is 0.392 e. The van der Waals surface area contributed by atoms with Crippen molar-refractivity contribution in [2.24, 2.45) is 11.7 Å². The number of aliphatic hydroxyl groups is 1. The van der Waals surface area contributed by atoms with E-state index in [1.807, 2.05) is 55.5 Å². The number of nitrogens with one attached hydrogen (secondary N) is 1. The number of nitrogens with two attached hydrogens (primary N) is 1. The van der Waals surface area contributed by atoms with Gasteiger partial charge in [0.1, 0.15) is 11.3 Å². The second-order valence-corrected chi connectivity index (χ2v) is 8.44. The molecule has 2 unspecified atom stereocenters. The maximum atomic E-state index is 13.3. The number of hydrogen-bond donors (Lipinski definition) is 3. The third-order valence-corrected chi connectivity index (χ3v) is 6.60. The number of benzene rings is 1. The molecular weight excluding hydrogens is 404 g/mol. The number of aliphatic hydroxyl groups excluding tert-OH is 1. The summed E-state index contributed by atoms with van der Waals surface area (Å²) in [6, 6.07) is 12.8. The molecule has 0 radical (unpaired) electrons. The summed E-state index contributed by atoms with van der Waals surface area (Å²) >= 11 is 0. The van der Waals surface area contributed by atoms with Crippen molar-refractivity contribution in [1.29, 1.82) is 0 Å². The molecular formula is C25H24N4O3. The first-order valence-electron chi connectivity index (χ1n) is 10.6. The highest BCUT2D eigenvalue weighted by Crippen LogP contribution is 2.45. The number of carbonyl (C=O) groups is 2. The number of primary amides is 1. The van der Waals surface area contributed by atoms with Gasteiger partial charge >= 0.3 is 0 Å². The Morgan fingerprint density at radius 1 is 1.12 bits per heavy atom. The van der Waals surface area contributed by atoms with Crippen molar-refractivity contribution in [2.75, 3.05) is 0 Å². The van der Waals surface area contributed by atoms with Crippen LogP contribution in [0.1, 0.15) is 34.5 Å². The van der Waals surface area contributed by atoms with Crippen molar-refractivity contribution >= 4 is 17.5 Å². The quantitative estimate of drug-likeness (QED) is 0.591. The van der Waals surface area contributed by atoms with Crippen LogP contribution < -0.4 is 11.1 Å². The molecule has 0 aliphatic heterocycles. The second-order valence-electron chi connectivity index (χ2n) is 8.44. The average Bonchev–Trinajstić information content (AvgIpc) is 3.35. The van der Waals surface area contributed by atoms with Gasteiger partial charge in [-0.15, -0.1) is 0 Å². The van der Waals surface area contributed by atoms with Crippen LogP contribution in [0.25, 0.3) is 5.65 Å². The number of carbonyl (C=O) groups excluding carboxylic acids is 2. The normalized spacial score (nSPS) is 24.6. The number of fused-ring (bicyclic) bond motifs is 2. The molecule has 2 heterocycles. The Kier molecular flexibility index (Phi) is 4.90. The second kappa shape index (κ2) is 7.76. The number of nitrogens with zero attached hydrogens (tertiary/aromatic N) is 2. The molecule has 4 atom stereocenters. The Morgan fingerprint density at radius 3 is 2.72 bits per heavy atom. The van der Waals surface area contributed by atoms with E-state index in [1.165, 1.54) is 6.20 Å². The molecule has 4 N–H and O–H groups in total. The molecule has 7 nitrogen and oxygen atoms in total. The number of allylic oxidation sites excluding steroid dienone is 2. The lowest BCUT2D eigenvalue weighted by Crippen LogP contribution is -2.48. The maximum absolute atomic E-state index is 13.3. The molecule has 5 rings (SSSR count). The third-order valence-electron chi connectivity index (χ3n) is 6.60. The van der Waals surface area contributed by atoms with Gasteiger partial charge in [0, 0.05) is 23.6 Å². The van der Waals surface area contributed by atoms with Crippen molar-refractivity contribution in [3.63, 3.8) is 0 Å². The molecule has 1 aromatic carbocycles. The fourth-order valence-corrected chi connectivity index (χ4v) is 5.10. The fourth-order valence-electron chi connectivity index (χ4n) is 5.10. The van der Waals surface area contributed by atoms with Crippen molar-refractivity contribution in [3.05, 3.63) is 95.0 Å². The van der Waals surface area contributed by atoms with Gasteiger partial charge in [-0.1, -0.05) is 48.1 Å². The zero-order chi connectivity index (χ0) is 22.4. The van der Waals surface area contributed by atoms with Crippen molar-refractivity contribution in [2.45, 2.75) is 31.4 Å². The lowest BCUT2D eigenvalue weighted by Gasteiger charge is -2.37. The molecule has 2 amide bonds. The summed E-state index contributed by atoms with van der Waals surface area (Å²) in [4.78, 5) is 30.0.